The monoisotopic (exact) mass is 270 g/mol. The number of anilines is 3. The molecule has 0 fully saturated rings. The second kappa shape index (κ2) is 7.48. The Morgan fingerprint density at radius 2 is 1.85 bits per heavy atom. The van der Waals surface area contributed by atoms with Crippen molar-refractivity contribution < 1.29 is 0 Å². The normalized spacial score (nSPS) is 10.3. The molecule has 0 radical (unpaired) electrons. The predicted octanol–water partition coefficient (Wildman–Crippen LogP) is 4.13. The summed E-state index contributed by atoms with van der Waals surface area (Å²) in [5.74, 6) is 1.49. The van der Waals surface area contributed by atoms with Crippen LogP contribution in [-0.4, -0.2) is 16.5 Å². The third-order valence-corrected chi connectivity index (χ3v) is 3.05. The molecule has 0 unspecified atom stereocenters. The first kappa shape index (κ1) is 14.3. The van der Waals surface area contributed by atoms with Crippen LogP contribution in [0.4, 0.5) is 17.5 Å². The zero-order valence-electron chi connectivity index (χ0n) is 12.2. The molecule has 4 nitrogen and oxygen atoms in total. The first-order valence-corrected chi connectivity index (χ1v) is 7.18. The van der Waals surface area contributed by atoms with Crippen molar-refractivity contribution in [2.24, 2.45) is 0 Å². The fraction of sp³-hybridized carbons (Fsp3) is 0.375. The van der Waals surface area contributed by atoms with Gasteiger partial charge in [-0.1, -0.05) is 37.5 Å². The van der Waals surface area contributed by atoms with Gasteiger partial charge in [0.25, 0.3) is 0 Å². The summed E-state index contributed by atoms with van der Waals surface area (Å²) >= 11 is 0. The van der Waals surface area contributed by atoms with E-state index in [9.17, 15) is 0 Å². The fourth-order valence-electron chi connectivity index (χ4n) is 1.87. The van der Waals surface area contributed by atoms with Crippen LogP contribution in [-0.2, 0) is 0 Å². The van der Waals surface area contributed by atoms with Crippen molar-refractivity contribution in [3.8, 4) is 0 Å². The molecular weight excluding hydrogens is 248 g/mol. The Morgan fingerprint density at radius 1 is 1.05 bits per heavy atom. The molecule has 0 aliphatic rings. The number of hydrogen-bond acceptors (Lipinski definition) is 4. The zero-order chi connectivity index (χ0) is 14.2. The molecule has 0 saturated carbocycles. The largest absolute Gasteiger partial charge is 0.370 e. The predicted molar refractivity (Wildman–Crippen MR) is 84.5 cm³/mol. The molecule has 0 saturated heterocycles. The first-order chi connectivity index (χ1) is 9.78. The first-order valence-electron chi connectivity index (χ1n) is 7.18. The van der Waals surface area contributed by atoms with Gasteiger partial charge in [-0.15, -0.1) is 0 Å². The lowest BCUT2D eigenvalue weighted by molar-refractivity contribution is 0.742. The van der Waals surface area contributed by atoms with E-state index in [0.29, 0.717) is 5.95 Å². The van der Waals surface area contributed by atoms with Gasteiger partial charge in [0.2, 0.25) is 5.95 Å². The molecular formula is C16H22N4. The van der Waals surface area contributed by atoms with Gasteiger partial charge in [-0.2, -0.15) is 4.98 Å². The Kier molecular flexibility index (Phi) is 5.35. The van der Waals surface area contributed by atoms with Gasteiger partial charge in [0.1, 0.15) is 5.82 Å². The molecule has 0 amide bonds. The molecule has 2 rings (SSSR count). The van der Waals surface area contributed by atoms with E-state index >= 15 is 0 Å². The van der Waals surface area contributed by atoms with E-state index in [1.165, 1.54) is 24.8 Å². The highest BCUT2D eigenvalue weighted by Gasteiger charge is 1.99. The minimum Gasteiger partial charge on any atom is -0.370 e. The molecule has 20 heavy (non-hydrogen) atoms. The number of hydrogen-bond donors (Lipinski definition) is 2. The molecule has 4 heteroatoms. The second-order valence-corrected chi connectivity index (χ2v) is 4.89. The van der Waals surface area contributed by atoms with Gasteiger partial charge in [-0.25, -0.2) is 4.98 Å². The molecule has 1 heterocycles. The van der Waals surface area contributed by atoms with Crippen LogP contribution in [0.1, 0.15) is 31.7 Å². The van der Waals surface area contributed by atoms with Crippen molar-refractivity contribution in [3.05, 3.63) is 42.1 Å². The molecule has 1 aromatic carbocycles. The summed E-state index contributed by atoms with van der Waals surface area (Å²) in [6.45, 7) is 5.23. The number of benzene rings is 1. The number of aryl methyl sites for hydroxylation is 1. The minimum atomic E-state index is 0.620. The summed E-state index contributed by atoms with van der Waals surface area (Å²) in [5, 5.41) is 6.53. The maximum atomic E-state index is 4.45. The second-order valence-electron chi connectivity index (χ2n) is 4.89. The van der Waals surface area contributed by atoms with Gasteiger partial charge in [0.15, 0.2) is 0 Å². The van der Waals surface area contributed by atoms with Crippen molar-refractivity contribution in [1.82, 2.24) is 9.97 Å². The average molecular weight is 270 g/mol. The minimum absolute atomic E-state index is 0.620. The molecule has 106 valence electrons. The summed E-state index contributed by atoms with van der Waals surface area (Å²) in [6, 6.07) is 10.1. The van der Waals surface area contributed by atoms with Crippen molar-refractivity contribution in [2.45, 2.75) is 33.1 Å². The number of aromatic nitrogens is 2. The number of rotatable bonds is 7. The van der Waals surface area contributed by atoms with Crippen LogP contribution in [0.5, 0.6) is 0 Å². The molecule has 2 aromatic rings. The van der Waals surface area contributed by atoms with Crippen molar-refractivity contribution in [2.75, 3.05) is 17.2 Å². The van der Waals surface area contributed by atoms with E-state index in [2.05, 4.69) is 46.6 Å². The van der Waals surface area contributed by atoms with Crippen LogP contribution in [0.2, 0.25) is 0 Å². The van der Waals surface area contributed by atoms with E-state index in [4.69, 9.17) is 0 Å². The van der Waals surface area contributed by atoms with Crippen LogP contribution in [0.15, 0.2) is 36.5 Å². The van der Waals surface area contributed by atoms with Gasteiger partial charge in [0.05, 0.1) is 0 Å². The third kappa shape index (κ3) is 4.53. The number of nitrogens with one attached hydrogen (secondary N) is 2. The molecule has 0 spiro atoms. The summed E-state index contributed by atoms with van der Waals surface area (Å²) in [4.78, 5) is 8.69. The summed E-state index contributed by atoms with van der Waals surface area (Å²) < 4.78 is 0. The van der Waals surface area contributed by atoms with Crippen molar-refractivity contribution in [1.29, 1.82) is 0 Å². The van der Waals surface area contributed by atoms with Crippen LogP contribution in [0.25, 0.3) is 0 Å². The van der Waals surface area contributed by atoms with Crippen LogP contribution < -0.4 is 10.6 Å². The topological polar surface area (TPSA) is 49.8 Å². The van der Waals surface area contributed by atoms with Gasteiger partial charge < -0.3 is 10.6 Å². The molecule has 0 aliphatic carbocycles. The van der Waals surface area contributed by atoms with Crippen molar-refractivity contribution in [3.63, 3.8) is 0 Å². The van der Waals surface area contributed by atoms with Gasteiger partial charge in [-0.3, -0.25) is 0 Å². The van der Waals surface area contributed by atoms with Crippen molar-refractivity contribution >= 4 is 17.5 Å². The van der Waals surface area contributed by atoms with Crippen LogP contribution in [0, 0.1) is 6.92 Å². The van der Waals surface area contributed by atoms with E-state index < -0.39 is 0 Å². The Balaban J connectivity index is 1.93. The van der Waals surface area contributed by atoms with Crippen LogP contribution >= 0.6 is 0 Å². The molecule has 0 atom stereocenters. The fourth-order valence-corrected chi connectivity index (χ4v) is 1.87. The molecule has 0 aliphatic heterocycles. The van der Waals surface area contributed by atoms with E-state index in [-0.39, 0.29) is 0 Å². The highest BCUT2D eigenvalue weighted by Crippen LogP contribution is 2.14. The van der Waals surface area contributed by atoms with Gasteiger partial charge in [0, 0.05) is 18.4 Å². The standard InChI is InChI=1S/C16H22N4/c1-3-4-5-11-17-15-10-12-18-16(20-15)19-14-8-6-13(2)7-9-14/h6-10,12H,3-5,11H2,1-2H3,(H2,17,18,19,20). The van der Waals surface area contributed by atoms with Gasteiger partial charge >= 0.3 is 0 Å². The lowest BCUT2D eigenvalue weighted by atomic mass is 10.2. The highest BCUT2D eigenvalue weighted by molar-refractivity contribution is 5.54. The maximum absolute atomic E-state index is 4.45. The Hall–Kier alpha value is -2.10. The average Bonchev–Trinajstić information content (AvgIpc) is 2.47. The summed E-state index contributed by atoms with van der Waals surface area (Å²) in [7, 11) is 0. The van der Waals surface area contributed by atoms with Crippen LogP contribution in [0.3, 0.4) is 0 Å². The Morgan fingerprint density at radius 3 is 2.60 bits per heavy atom. The quantitative estimate of drug-likeness (QED) is 0.743. The smallest absolute Gasteiger partial charge is 0.229 e. The summed E-state index contributed by atoms with van der Waals surface area (Å²) in [6.07, 6.45) is 5.41. The highest BCUT2D eigenvalue weighted by atomic mass is 15.1. The summed E-state index contributed by atoms with van der Waals surface area (Å²) in [5.41, 5.74) is 2.24. The van der Waals surface area contributed by atoms with E-state index in [0.717, 1.165) is 18.1 Å². The molecule has 2 N–H and O–H groups in total. The molecule has 0 bridgehead atoms. The number of nitrogens with zero attached hydrogens (tertiary/aromatic N) is 2. The third-order valence-electron chi connectivity index (χ3n) is 3.05. The zero-order valence-corrected chi connectivity index (χ0v) is 12.2. The maximum Gasteiger partial charge on any atom is 0.229 e. The van der Waals surface area contributed by atoms with E-state index in [1.807, 2.05) is 18.2 Å². The van der Waals surface area contributed by atoms with Gasteiger partial charge in [-0.05, 0) is 31.5 Å². The lowest BCUT2D eigenvalue weighted by Crippen LogP contribution is -2.05. The number of unbranched alkanes of at least 4 members (excludes halogenated alkanes) is 2. The molecule has 1 aromatic heterocycles. The Bertz CT molecular complexity index is 522. The Labute approximate surface area is 120 Å². The van der Waals surface area contributed by atoms with E-state index in [1.54, 1.807) is 6.20 Å². The lowest BCUT2D eigenvalue weighted by Gasteiger charge is -2.08. The SMILES string of the molecule is CCCCCNc1ccnc(Nc2ccc(C)cc2)n1.